The first-order chi connectivity index (χ1) is 30.8. The Bertz CT molecular complexity index is 1690. The van der Waals surface area contributed by atoms with E-state index in [1.54, 1.807) is 19.9 Å². The quantitative estimate of drug-likeness (QED) is 0.0770. The summed E-state index contributed by atoms with van der Waals surface area (Å²) in [5.41, 5.74) is -0.798. The molecule has 0 amide bonds. The number of aliphatic hydroxyl groups is 10. The number of carbonyl (C=O) groups excluding carboxylic acids is 1. The summed E-state index contributed by atoms with van der Waals surface area (Å²) in [5, 5.41) is 108. The van der Waals surface area contributed by atoms with E-state index in [1.807, 2.05) is 6.92 Å². The molecule has 66 heavy (non-hydrogen) atoms. The number of hydrogen-bond acceptors (Lipinski definition) is 20. The summed E-state index contributed by atoms with van der Waals surface area (Å²) in [6.07, 6.45) is -21.2. The van der Waals surface area contributed by atoms with Gasteiger partial charge < -0.3 is 93.7 Å². The second kappa shape index (κ2) is 20.9. The molecule has 1 saturated carbocycles. The van der Waals surface area contributed by atoms with Gasteiger partial charge in [0.15, 0.2) is 25.2 Å². The zero-order chi connectivity index (χ0) is 49.0. The van der Waals surface area contributed by atoms with Gasteiger partial charge in [-0.05, 0) is 84.0 Å². The van der Waals surface area contributed by atoms with Crippen LogP contribution in [0.2, 0.25) is 0 Å². The minimum Gasteiger partial charge on any atom is -0.463 e. The molecule has 4 aliphatic heterocycles. The van der Waals surface area contributed by atoms with E-state index in [1.165, 1.54) is 6.92 Å². The van der Waals surface area contributed by atoms with E-state index >= 15 is 0 Å². The number of ether oxygens (including phenoxy) is 9. The SMILES string of the molecule is C=C[C@](C)(CC[C@@]1(C)C(C)CC(OC2OC(C)C(OC3O[C@@H](COC(C)=O)[C@@H](O)[C@H](O)C3O)C(O)C2O)[C@@]2(C)C(C)=CCC[C@H]12)OC1O[C@H](C)C(O[C@H]2O[C@H](C)C(O)C(O)[C@@H]2O)C(O)C1O. The molecule has 0 aromatic carbocycles. The molecular formula is C46H76O20. The van der Waals surface area contributed by atoms with Crippen molar-refractivity contribution < 1.29 is 98.5 Å². The molecule has 26 atom stereocenters. The Morgan fingerprint density at radius 3 is 1.80 bits per heavy atom. The van der Waals surface area contributed by atoms with Gasteiger partial charge in [-0.1, -0.05) is 38.5 Å². The minimum absolute atomic E-state index is 0.0438. The Hall–Kier alpha value is -1.77. The molecule has 0 radical (unpaired) electrons. The van der Waals surface area contributed by atoms with Crippen LogP contribution < -0.4 is 0 Å². The lowest BCUT2D eigenvalue weighted by atomic mass is 9.45. The molecule has 2 aliphatic carbocycles. The Balaban J connectivity index is 1.11. The fraction of sp³-hybridized carbons (Fsp3) is 0.891. The summed E-state index contributed by atoms with van der Waals surface area (Å²) in [7, 11) is 0. The lowest BCUT2D eigenvalue weighted by Crippen LogP contribution is -2.65. The molecular weight excluding hydrogens is 872 g/mol. The second-order valence-corrected chi connectivity index (χ2v) is 20.3. The Morgan fingerprint density at radius 1 is 0.727 bits per heavy atom. The van der Waals surface area contributed by atoms with Crippen LogP contribution in [0.25, 0.3) is 0 Å². The fourth-order valence-electron chi connectivity index (χ4n) is 11.1. The van der Waals surface area contributed by atoms with Gasteiger partial charge in [-0.25, -0.2) is 0 Å². The topological polar surface area (TPSA) is 302 Å². The van der Waals surface area contributed by atoms with Gasteiger partial charge in [-0.15, -0.1) is 6.58 Å². The summed E-state index contributed by atoms with van der Waals surface area (Å²) < 4.78 is 53.4. The molecule has 4 saturated heterocycles. The van der Waals surface area contributed by atoms with E-state index in [9.17, 15) is 55.9 Å². The number of esters is 1. The molecule has 10 N–H and O–H groups in total. The maximum atomic E-state index is 11.5. The van der Waals surface area contributed by atoms with E-state index in [4.69, 9.17) is 42.6 Å². The predicted molar refractivity (Wildman–Crippen MR) is 228 cm³/mol. The third kappa shape index (κ3) is 10.3. The van der Waals surface area contributed by atoms with Crippen LogP contribution in [0, 0.1) is 22.7 Å². The van der Waals surface area contributed by atoms with Crippen molar-refractivity contribution in [1.82, 2.24) is 0 Å². The van der Waals surface area contributed by atoms with Gasteiger partial charge in [0, 0.05) is 12.3 Å². The molecule has 380 valence electrons. The van der Waals surface area contributed by atoms with Crippen LogP contribution in [0.5, 0.6) is 0 Å². The molecule has 0 aromatic heterocycles. The molecule has 20 heteroatoms. The molecule has 0 bridgehead atoms. The number of hydrogen-bond donors (Lipinski definition) is 10. The van der Waals surface area contributed by atoms with Crippen LogP contribution in [0.15, 0.2) is 24.3 Å². The van der Waals surface area contributed by atoms with Crippen molar-refractivity contribution in [2.45, 2.75) is 229 Å². The number of allylic oxidation sites excluding steroid dienone is 1. The molecule has 0 aromatic rings. The monoisotopic (exact) mass is 948 g/mol. The normalized spacial score (nSPS) is 51.0. The maximum absolute atomic E-state index is 11.5. The summed E-state index contributed by atoms with van der Waals surface area (Å²) >= 11 is 0. The average Bonchev–Trinajstić information content (AvgIpc) is 3.27. The van der Waals surface area contributed by atoms with Gasteiger partial charge in [0.25, 0.3) is 0 Å². The summed E-state index contributed by atoms with van der Waals surface area (Å²) in [6, 6.07) is 0. The molecule has 6 rings (SSSR count). The third-order valence-electron chi connectivity index (χ3n) is 16.0. The van der Waals surface area contributed by atoms with Gasteiger partial charge in [-0.3, -0.25) is 4.79 Å². The molecule has 6 aliphatic rings. The lowest BCUT2D eigenvalue weighted by molar-refractivity contribution is -0.364. The van der Waals surface area contributed by atoms with Crippen molar-refractivity contribution in [1.29, 1.82) is 0 Å². The first-order valence-corrected chi connectivity index (χ1v) is 23.3. The number of aliphatic hydroxyl groups excluding tert-OH is 10. The molecule has 5 fully saturated rings. The van der Waals surface area contributed by atoms with Crippen molar-refractivity contribution in [2.75, 3.05) is 6.61 Å². The van der Waals surface area contributed by atoms with Crippen LogP contribution in [-0.4, -0.2) is 198 Å². The number of carbonyl (C=O) groups is 1. The minimum atomic E-state index is -1.75. The highest BCUT2D eigenvalue weighted by atomic mass is 16.8. The van der Waals surface area contributed by atoms with Crippen molar-refractivity contribution in [3.05, 3.63) is 24.3 Å². The zero-order valence-corrected chi connectivity index (χ0v) is 39.4. The number of fused-ring (bicyclic) bond motifs is 1. The summed E-state index contributed by atoms with van der Waals surface area (Å²) in [5.74, 6) is -0.551. The van der Waals surface area contributed by atoms with Gasteiger partial charge in [0.2, 0.25) is 0 Å². The van der Waals surface area contributed by atoms with Gasteiger partial charge in [-0.2, -0.15) is 0 Å². The van der Waals surface area contributed by atoms with Crippen LogP contribution >= 0.6 is 0 Å². The molecule has 0 spiro atoms. The van der Waals surface area contributed by atoms with Gasteiger partial charge >= 0.3 is 5.97 Å². The van der Waals surface area contributed by atoms with E-state index < -0.39 is 153 Å². The van der Waals surface area contributed by atoms with E-state index in [-0.39, 0.29) is 17.3 Å². The Kier molecular flexibility index (Phi) is 17.0. The lowest BCUT2D eigenvalue weighted by Gasteiger charge is -2.61. The molecule has 15 unspecified atom stereocenters. The summed E-state index contributed by atoms with van der Waals surface area (Å²) in [6.45, 7) is 20.0. The van der Waals surface area contributed by atoms with Crippen molar-refractivity contribution in [3.63, 3.8) is 0 Å². The van der Waals surface area contributed by atoms with Gasteiger partial charge in [0.1, 0.15) is 86.0 Å². The Morgan fingerprint density at radius 2 is 1.23 bits per heavy atom. The first-order valence-electron chi connectivity index (χ1n) is 23.3. The second-order valence-electron chi connectivity index (χ2n) is 20.3. The molecule has 20 nitrogen and oxygen atoms in total. The van der Waals surface area contributed by atoms with Crippen molar-refractivity contribution in [2.24, 2.45) is 22.7 Å². The van der Waals surface area contributed by atoms with E-state index in [2.05, 4.69) is 40.3 Å². The van der Waals surface area contributed by atoms with Crippen molar-refractivity contribution >= 4 is 5.97 Å². The number of rotatable bonds is 14. The Labute approximate surface area is 386 Å². The zero-order valence-electron chi connectivity index (χ0n) is 39.4. The average molecular weight is 949 g/mol. The highest BCUT2D eigenvalue weighted by Crippen LogP contribution is 2.63. The van der Waals surface area contributed by atoms with Crippen LogP contribution in [0.1, 0.15) is 94.4 Å². The standard InChI is InChI=1S/C46H76O20/c1-11-44(8,66-43-37(57)33(53)39(23(6)61-43)64-41-34(54)30(50)28(48)21(4)59-41)15-16-45(9)20(3)17-27(46(10)19(2)13-12-14-26(45)46)63-40-36(56)32(52)38(22(5)60-40)65-42-35(55)31(51)29(49)25(62-42)18-58-24(7)47/h11,13,20-23,25-43,48-57H,1,12,14-18H2,2-10H3/t20?,21-,22?,23-,25+,26-,27?,28?,29-,30?,31+,32?,33?,34+,35?,36?,37?,38?,39?,40?,41-,42?,43?,44-,45+,46+/m1/s1. The van der Waals surface area contributed by atoms with Crippen LogP contribution in [-0.2, 0) is 47.4 Å². The van der Waals surface area contributed by atoms with Gasteiger partial charge in [0.05, 0.1) is 30.0 Å². The largest absolute Gasteiger partial charge is 0.463 e. The van der Waals surface area contributed by atoms with Crippen LogP contribution in [0.4, 0.5) is 0 Å². The van der Waals surface area contributed by atoms with E-state index in [0.29, 0.717) is 19.3 Å². The van der Waals surface area contributed by atoms with Crippen LogP contribution in [0.3, 0.4) is 0 Å². The fourth-order valence-corrected chi connectivity index (χ4v) is 11.1. The third-order valence-corrected chi connectivity index (χ3v) is 16.0. The highest BCUT2D eigenvalue weighted by molar-refractivity contribution is 5.65. The van der Waals surface area contributed by atoms with E-state index in [0.717, 1.165) is 25.3 Å². The predicted octanol–water partition coefficient (Wildman–Crippen LogP) is -0.576. The maximum Gasteiger partial charge on any atom is 0.302 e. The first kappa shape index (κ1) is 53.6. The smallest absolute Gasteiger partial charge is 0.302 e. The molecule has 4 heterocycles. The van der Waals surface area contributed by atoms with Crippen molar-refractivity contribution in [3.8, 4) is 0 Å². The summed E-state index contributed by atoms with van der Waals surface area (Å²) in [4.78, 5) is 11.4. The highest BCUT2D eigenvalue weighted by Gasteiger charge is 2.60.